The average molecular weight is 244 g/mol. The summed E-state index contributed by atoms with van der Waals surface area (Å²) in [6.45, 7) is 1.62. The van der Waals surface area contributed by atoms with E-state index in [2.05, 4.69) is 0 Å². The van der Waals surface area contributed by atoms with Gasteiger partial charge in [0, 0.05) is 18.1 Å². The van der Waals surface area contributed by atoms with Crippen molar-refractivity contribution < 1.29 is 14.8 Å². The Hall–Kier alpha value is -1.62. The van der Waals surface area contributed by atoms with Crippen LogP contribution in [0.5, 0.6) is 0 Å². The van der Waals surface area contributed by atoms with E-state index in [0.29, 0.717) is 5.56 Å². The Morgan fingerprint density at radius 3 is 2.69 bits per heavy atom. The Bertz CT molecular complexity index is 421. The van der Waals surface area contributed by atoms with Gasteiger partial charge in [-0.3, -0.25) is 14.9 Å². The first kappa shape index (κ1) is 12.4. The largest absolute Gasteiger partial charge is 0.480 e. The quantitative estimate of drug-likeness (QED) is 0.500. The van der Waals surface area contributed by atoms with Crippen LogP contribution in [0.2, 0.25) is 0 Å². The van der Waals surface area contributed by atoms with E-state index >= 15 is 0 Å². The van der Waals surface area contributed by atoms with Crippen molar-refractivity contribution in [2.24, 2.45) is 0 Å². The number of hydrogen-bond acceptors (Lipinski definition) is 3. The fourth-order valence-electron chi connectivity index (χ4n) is 1.30. The minimum absolute atomic E-state index is 0.0707. The van der Waals surface area contributed by atoms with Gasteiger partial charge in [0.05, 0.1) is 4.92 Å². The molecule has 0 aliphatic heterocycles. The number of nitro benzene ring substituents is 1. The van der Waals surface area contributed by atoms with E-state index in [0.717, 1.165) is 0 Å². The van der Waals surface area contributed by atoms with E-state index < -0.39 is 22.2 Å². The lowest BCUT2D eigenvalue weighted by Gasteiger charge is -2.14. The summed E-state index contributed by atoms with van der Waals surface area (Å²) in [7, 11) is 0. The summed E-state index contributed by atoms with van der Waals surface area (Å²) in [6, 6.07) is 5.81. The SMILES string of the molecule is C[C@H](c1cccc([N+](=O)[O-])c1)[C@H](Cl)C(=O)O. The normalized spacial score (nSPS) is 14.1. The fraction of sp³-hybridized carbons (Fsp3) is 0.300. The van der Waals surface area contributed by atoms with Crippen LogP contribution in [0.3, 0.4) is 0 Å². The van der Waals surface area contributed by atoms with Gasteiger partial charge in [-0.05, 0) is 5.56 Å². The summed E-state index contributed by atoms with van der Waals surface area (Å²) in [4.78, 5) is 20.7. The Kier molecular flexibility index (Phi) is 3.84. The zero-order chi connectivity index (χ0) is 12.3. The second-order valence-corrected chi connectivity index (χ2v) is 3.85. The Balaban J connectivity index is 3.00. The molecule has 16 heavy (non-hydrogen) atoms. The molecule has 1 aromatic rings. The molecule has 0 saturated heterocycles. The second kappa shape index (κ2) is 4.94. The monoisotopic (exact) mass is 243 g/mol. The van der Waals surface area contributed by atoms with Crippen LogP contribution < -0.4 is 0 Å². The summed E-state index contributed by atoms with van der Waals surface area (Å²) < 4.78 is 0. The lowest BCUT2D eigenvalue weighted by Crippen LogP contribution is -2.20. The highest BCUT2D eigenvalue weighted by molar-refractivity contribution is 6.30. The van der Waals surface area contributed by atoms with Crippen LogP contribution in [0.15, 0.2) is 24.3 Å². The van der Waals surface area contributed by atoms with Crippen LogP contribution in [0, 0.1) is 10.1 Å². The van der Waals surface area contributed by atoms with Crippen molar-refractivity contribution in [1.29, 1.82) is 0 Å². The molecular formula is C10H10ClNO4. The zero-order valence-electron chi connectivity index (χ0n) is 8.46. The van der Waals surface area contributed by atoms with Gasteiger partial charge >= 0.3 is 5.97 Å². The molecule has 0 bridgehead atoms. The highest BCUT2D eigenvalue weighted by Gasteiger charge is 2.24. The highest BCUT2D eigenvalue weighted by Crippen LogP contribution is 2.26. The van der Waals surface area contributed by atoms with Crippen molar-refractivity contribution in [3.8, 4) is 0 Å². The number of nitrogens with zero attached hydrogens (tertiary/aromatic N) is 1. The van der Waals surface area contributed by atoms with Gasteiger partial charge in [-0.25, -0.2) is 0 Å². The van der Waals surface area contributed by atoms with E-state index in [1.807, 2.05) is 0 Å². The number of hydrogen-bond donors (Lipinski definition) is 1. The fourth-order valence-corrected chi connectivity index (χ4v) is 1.45. The number of benzene rings is 1. The van der Waals surface area contributed by atoms with Crippen molar-refractivity contribution >= 4 is 23.3 Å². The molecule has 1 rings (SSSR count). The van der Waals surface area contributed by atoms with E-state index in [1.54, 1.807) is 13.0 Å². The lowest BCUT2D eigenvalue weighted by molar-refractivity contribution is -0.384. The smallest absolute Gasteiger partial charge is 0.322 e. The zero-order valence-corrected chi connectivity index (χ0v) is 9.22. The third-order valence-corrected chi connectivity index (χ3v) is 2.85. The Morgan fingerprint density at radius 1 is 1.56 bits per heavy atom. The van der Waals surface area contributed by atoms with Crippen molar-refractivity contribution in [2.75, 3.05) is 0 Å². The van der Waals surface area contributed by atoms with Gasteiger partial charge in [0.25, 0.3) is 5.69 Å². The number of alkyl halides is 1. The number of carbonyl (C=O) groups is 1. The first-order valence-corrected chi connectivity index (χ1v) is 4.98. The molecule has 1 aromatic carbocycles. The van der Waals surface area contributed by atoms with E-state index in [9.17, 15) is 14.9 Å². The minimum atomic E-state index is -1.14. The van der Waals surface area contributed by atoms with Gasteiger partial charge in [-0.15, -0.1) is 11.6 Å². The molecule has 0 saturated carbocycles. The topological polar surface area (TPSA) is 80.4 Å². The van der Waals surface area contributed by atoms with E-state index in [4.69, 9.17) is 16.7 Å². The highest BCUT2D eigenvalue weighted by atomic mass is 35.5. The average Bonchev–Trinajstić information content (AvgIpc) is 2.27. The maximum Gasteiger partial charge on any atom is 0.322 e. The first-order chi connectivity index (χ1) is 7.43. The van der Waals surface area contributed by atoms with Crippen molar-refractivity contribution in [3.63, 3.8) is 0 Å². The number of carboxylic acids is 1. The van der Waals surface area contributed by atoms with Crippen molar-refractivity contribution in [2.45, 2.75) is 18.2 Å². The molecule has 0 amide bonds. The van der Waals surface area contributed by atoms with E-state index in [-0.39, 0.29) is 5.69 Å². The Morgan fingerprint density at radius 2 is 2.19 bits per heavy atom. The third kappa shape index (κ3) is 2.70. The van der Waals surface area contributed by atoms with Crippen molar-refractivity contribution in [3.05, 3.63) is 39.9 Å². The molecule has 0 spiro atoms. The number of nitro groups is 1. The molecule has 0 aromatic heterocycles. The van der Waals surface area contributed by atoms with Crippen LogP contribution in [0.1, 0.15) is 18.4 Å². The molecule has 0 aliphatic rings. The summed E-state index contributed by atoms with van der Waals surface area (Å²) in [5.74, 6) is -1.63. The minimum Gasteiger partial charge on any atom is -0.480 e. The maximum atomic E-state index is 10.7. The van der Waals surface area contributed by atoms with Crippen LogP contribution in [0.25, 0.3) is 0 Å². The Labute approximate surface area is 96.8 Å². The van der Waals surface area contributed by atoms with Gasteiger partial charge in [-0.1, -0.05) is 19.1 Å². The number of aliphatic carboxylic acids is 1. The number of rotatable bonds is 4. The maximum absolute atomic E-state index is 10.7. The second-order valence-electron chi connectivity index (χ2n) is 3.38. The molecule has 1 N–H and O–H groups in total. The molecule has 2 atom stereocenters. The molecule has 0 unspecified atom stereocenters. The van der Waals surface area contributed by atoms with Gasteiger partial charge in [0.2, 0.25) is 0 Å². The summed E-state index contributed by atoms with van der Waals surface area (Å²) >= 11 is 5.66. The van der Waals surface area contributed by atoms with Gasteiger partial charge < -0.3 is 5.11 Å². The third-order valence-electron chi connectivity index (χ3n) is 2.28. The van der Waals surface area contributed by atoms with Crippen LogP contribution in [-0.4, -0.2) is 21.4 Å². The van der Waals surface area contributed by atoms with Crippen LogP contribution in [-0.2, 0) is 4.79 Å². The predicted molar refractivity (Wildman–Crippen MR) is 58.8 cm³/mol. The molecule has 0 heterocycles. The van der Waals surface area contributed by atoms with E-state index in [1.165, 1.54) is 18.2 Å². The lowest BCUT2D eigenvalue weighted by atomic mass is 9.97. The molecule has 0 aliphatic carbocycles. The molecule has 0 radical (unpaired) electrons. The molecule has 0 fully saturated rings. The van der Waals surface area contributed by atoms with Crippen LogP contribution >= 0.6 is 11.6 Å². The predicted octanol–water partition coefficient (Wildman–Crippen LogP) is 2.39. The van der Waals surface area contributed by atoms with Crippen molar-refractivity contribution in [1.82, 2.24) is 0 Å². The number of halogens is 1. The summed E-state index contributed by atoms with van der Waals surface area (Å²) in [5, 5.41) is 18.2. The molecular weight excluding hydrogens is 234 g/mol. The standard InChI is InChI=1S/C10H10ClNO4/c1-6(9(11)10(13)14)7-3-2-4-8(5-7)12(15)16/h2-6,9H,1H3,(H,13,14)/t6-,9+/m1/s1. The first-order valence-electron chi connectivity index (χ1n) is 4.54. The van der Waals surface area contributed by atoms with Gasteiger partial charge in [0.15, 0.2) is 0 Å². The van der Waals surface area contributed by atoms with Gasteiger partial charge in [0.1, 0.15) is 5.38 Å². The van der Waals surface area contributed by atoms with Gasteiger partial charge in [-0.2, -0.15) is 0 Å². The van der Waals surface area contributed by atoms with Crippen LogP contribution in [0.4, 0.5) is 5.69 Å². The summed E-state index contributed by atoms with van der Waals surface area (Å²) in [6.07, 6.45) is 0. The summed E-state index contributed by atoms with van der Waals surface area (Å²) in [5.41, 5.74) is 0.468. The molecule has 86 valence electrons. The number of non-ortho nitro benzene ring substituents is 1. The molecule has 6 heteroatoms. The molecule has 5 nitrogen and oxygen atoms in total. The number of carboxylic acid groups (broad SMARTS) is 1.